The van der Waals surface area contributed by atoms with Crippen LogP contribution < -0.4 is 10.4 Å². The maximum absolute atomic E-state index is 14.1. The maximum atomic E-state index is 14.1. The zero-order valence-corrected chi connectivity index (χ0v) is 26.4. The lowest BCUT2D eigenvalue weighted by Gasteiger charge is -2.19. The molecule has 4 aromatic rings. The average Bonchev–Trinajstić information content (AvgIpc) is 3.50. The van der Waals surface area contributed by atoms with Crippen LogP contribution in [0.25, 0.3) is 11.4 Å². The number of halogens is 2. The molecule has 0 amide bonds. The topological polar surface area (TPSA) is 163 Å². The van der Waals surface area contributed by atoms with Crippen molar-refractivity contribution in [2.45, 2.75) is 5.03 Å². The number of carbonyl (C=O) groups excluding carboxylic acids is 1. The molecule has 17 heteroatoms. The Morgan fingerprint density at radius 1 is 1.11 bits per heavy atom. The molecule has 0 atom stereocenters. The van der Waals surface area contributed by atoms with Gasteiger partial charge in [0.25, 0.3) is 5.69 Å². The van der Waals surface area contributed by atoms with Crippen LogP contribution in [0.15, 0.2) is 105 Å². The average molecular weight is 695 g/mol. The van der Waals surface area contributed by atoms with E-state index in [1.165, 1.54) is 35.4 Å². The molecule has 47 heavy (non-hydrogen) atoms. The second kappa shape index (κ2) is 14.0. The van der Waals surface area contributed by atoms with Crippen LogP contribution >= 0.6 is 35.1 Å². The van der Waals surface area contributed by atoms with Crippen molar-refractivity contribution in [1.82, 2.24) is 9.78 Å². The van der Waals surface area contributed by atoms with E-state index in [9.17, 15) is 34.2 Å². The normalized spacial score (nSPS) is 13.6. The van der Waals surface area contributed by atoms with Gasteiger partial charge in [0.15, 0.2) is 5.03 Å². The van der Waals surface area contributed by atoms with E-state index in [1.807, 2.05) is 0 Å². The fourth-order valence-electron chi connectivity index (χ4n) is 4.34. The van der Waals surface area contributed by atoms with Crippen LogP contribution in [0, 0.1) is 26.0 Å². The predicted molar refractivity (Wildman–Crippen MR) is 177 cm³/mol. The van der Waals surface area contributed by atoms with Crippen LogP contribution in [-0.2, 0) is 4.74 Å². The van der Waals surface area contributed by atoms with Crippen LogP contribution in [0.5, 0.6) is 0 Å². The highest BCUT2D eigenvalue weighted by Crippen LogP contribution is 2.43. The van der Waals surface area contributed by atoms with E-state index in [0.29, 0.717) is 10.6 Å². The summed E-state index contributed by atoms with van der Waals surface area (Å²) >= 11 is 7.81. The fraction of sp³-hybridized carbons (Fsp3) is 0.0667. The van der Waals surface area contributed by atoms with Gasteiger partial charge in [-0.15, -0.1) is 18.3 Å². The molecule has 0 fully saturated rings. The molecular formula is C30H20ClFN6O7S2. The van der Waals surface area contributed by atoms with Gasteiger partial charge in [0.05, 0.1) is 28.3 Å². The highest BCUT2D eigenvalue weighted by Gasteiger charge is 2.39. The highest BCUT2D eigenvalue weighted by atomic mass is 35.5. The minimum atomic E-state index is -1.21. The van der Waals surface area contributed by atoms with Crippen molar-refractivity contribution in [3.8, 4) is 5.69 Å². The van der Waals surface area contributed by atoms with E-state index in [1.54, 1.807) is 30.3 Å². The number of methoxy groups -OCH3 is 1. The van der Waals surface area contributed by atoms with Crippen LogP contribution in [0.2, 0.25) is 5.02 Å². The van der Waals surface area contributed by atoms with Gasteiger partial charge in [0.2, 0.25) is 11.1 Å². The van der Waals surface area contributed by atoms with Gasteiger partial charge in [0.1, 0.15) is 26.5 Å². The number of hydrazone groups is 1. The van der Waals surface area contributed by atoms with Gasteiger partial charge in [0, 0.05) is 17.4 Å². The lowest BCUT2D eigenvalue weighted by atomic mass is 10.1. The van der Waals surface area contributed by atoms with Gasteiger partial charge < -0.3 is 4.74 Å². The first-order chi connectivity index (χ1) is 22.5. The minimum absolute atomic E-state index is 0.0394. The molecule has 238 valence electrons. The van der Waals surface area contributed by atoms with Crippen LogP contribution in [-0.4, -0.2) is 43.5 Å². The quantitative estimate of drug-likeness (QED) is 0.0584. The van der Waals surface area contributed by atoms with Gasteiger partial charge in [-0.3, -0.25) is 25.0 Å². The van der Waals surface area contributed by atoms with Gasteiger partial charge in [-0.1, -0.05) is 48.0 Å². The first-order valence-corrected chi connectivity index (χ1v) is 15.4. The third kappa shape index (κ3) is 6.65. The summed E-state index contributed by atoms with van der Waals surface area (Å²) in [5.41, 5.74) is -3.05. The Morgan fingerprint density at radius 3 is 2.40 bits per heavy atom. The largest absolute Gasteiger partial charge is 0.464 e. The van der Waals surface area contributed by atoms with Gasteiger partial charge in [-0.25, -0.2) is 18.9 Å². The minimum Gasteiger partial charge on any atom is -0.464 e. The zero-order valence-electron chi connectivity index (χ0n) is 24.0. The Kier molecular flexibility index (Phi) is 9.83. The summed E-state index contributed by atoms with van der Waals surface area (Å²) in [5.74, 6) is -1.67. The van der Waals surface area contributed by atoms with Gasteiger partial charge in [-0.2, -0.15) is 10.2 Å². The highest BCUT2D eigenvalue weighted by molar-refractivity contribution is 8.18. The van der Waals surface area contributed by atoms with E-state index in [-0.39, 0.29) is 32.2 Å². The van der Waals surface area contributed by atoms with E-state index in [2.05, 4.69) is 16.8 Å². The molecule has 0 N–H and O–H groups in total. The molecule has 1 aliphatic rings. The van der Waals surface area contributed by atoms with E-state index in [4.69, 9.17) is 16.3 Å². The Bertz CT molecular complexity index is 2060. The number of nitro benzene ring substituents is 1. The molecule has 1 aromatic heterocycles. The fourth-order valence-corrected chi connectivity index (χ4v) is 6.47. The predicted octanol–water partition coefficient (Wildman–Crippen LogP) is 6.52. The van der Waals surface area contributed by atoms with Crippen molar-refractivity contribution in [3.05, 3.63) is 149 Å². The van der Waals surface area contributed by atoms with Crippen molar-refractivity contribution < 1.29 is 23.8 Å². The molecule has 5 rings (SSSR count). The number of thioether (sulfide) groups is 2. The summed E-state index contributed by atoms with van der Waals surface area (Å²) in [6, 6.07) is 17.3. The molecule has 0 aliphatic carbocycles. The van der Waals surface area contributed by atoms with Crippen LogP contribution in [0.1, 0.15) is 21.6 Å². The van der Waals surface area contributed by atoms with Crippen LogP contribution in [0.3, 0.4) is 0 Å². The van der Waals surface area contributed by atoms with Gasteiger partial charge >= 0.3 is 11.7 Å². The van der Waals surface area contributed by atoms with Crippen molar-refractivity contribution in [2.24, 2.45) is 5.10 Å². The first kappa shape index (κ1) is 33.1. The molecule has 0 spiro atoms. The maximum Gasteiger partial charge on any atom is 0.362 e. The summed E-state index contributed by atoms with van der Waals surface area (Å²) in [6.45, 7) is 3.68. The van der Waals surface area contributed by atoms with E-state index < -0.39 is 49.7 Å². The molecule has 0 radical (unpaired) electrons. The van der Waals surface area contributed by atoms with Crippen molar-refractivity contribution >= 4 is 63.2 Å². The molecule has 0 saturated carbocycles. The van der Waals surface area contributed by atoms with E-state index >= 15 is 0 Å². The smallest absolute Gasteiger partial charge is 0.362 e. The SMILES string of the molecule is C=CCSc1c(/C(=C2/SC(c3ccccc3)=NN2c2ccc(F)cc2)[N+](=O)[O-])c(=O)c(C(=O)OC)nn1-c1ccc(Cl)c([N+](=O)[O-])c1. The third-order valence-corrected chi connectivity index (χ3v) is 8.87. The standard InChI is InChI=1S/C30H20ClFN6O7S2/c1-3-15-46-28-23(26(39)24(30(40)45-2)33-36(28)20-13-14-21(31)22(16-20)37(41)42)25(38(43)44)29-35(19-11-9-18(32)10-12-19)34-27(47-29)17-7-5-4-6-8-17/h3-14,16H,1,15H2,2H3/b29-25-. The lowest BCUT2D eigenvalue weighted by Crippen LogP contribution is -2.30. The Labute approximate surface area is 278 Å². The summed E-state index contributed by atoms with van der Waals surface area (Å²) in [6.07, 6.45) is 1.46. The molecule has 2 heterocycles. The molecule has 3 aromatic carbocycles. The van der Waals surface area contributed by atoms with Crippen LogP contribution in [0.4, 0.5) is 15.8 Å². The number of aromatic nitrogens is 2. The summed E-state index contributed by atoms with van der Waals surface area (Å²) in [4.78, 5) is 50.3. The second-order valence-corrected chi connectivity index (χ2v) is 11.7. The number of benzene rings is 3. The third-order valence-electron chi connectivity index (χ3n) is 6.43. The number of hydrogen-bond donors (Lipinski definition) is 0. The number of ether oxygens (including phenoxy) is 1. The Hall–Kier alpha value is -5.32. The molecule has 1 aliphatic heterocycles. The number of nitro groups is 2. The number of rotatable bonds is 10. The molecule has 0 bridgehead atoms. The number of nitrogens with zero attached hydrogens (tertiary/aromatic N) is 6. The molecule has 0 unspecified atom stereocenters. The summed E-state index contributed by atoms with van der Waals surface area (Å²) in [7, 11) is 0.997. The number of hydrogen-bond acceptors (Lipinski definition) is 12. The lowest BCUT2D eigenvalue weighted by molar-refractivity contribution is -0.384. The van der Waals surface area contributed by atoms with E-state index in [0.717, 1.165) is 53.5 Å². The summed E-state index contributed by atoms with van der Waals surface area (Å²) < 4.78 is 19.7. The van der Waals surface area contributed by atoms with Crippen molar-refractivity contribution in [1.29, 1.82) is 0 Å². The molecule has 13 nitrogen and oxygen atoms in total. The molecule has 0 saturated heterocycles. The zero-order chi connectivity index (χ0) is 33.8. The Balaban J connectivity index is 1.90. The van der Waals surface area contributed by atoms with Crippen molar-refractivity contribution in [3.63, 3.8) is 0 Å². The Morgan fingerprint density at radius 2 is 1.79 bits per heavy atom. The number of anilines is 1. The van der Waals surface area contributed by atoms with Crippen molar-refractivity contribution in [2.75, 3.05) is 17.9 Å². The monoisotopic (exact) mass is 694 g/mol. The number of esters is 1. The van der Waals surface area contributed by atoms with Gasteiger partial charge in [-0.05, 0) is 48.2 Å². The number of carbonyl (C=O) groups is 1. The second-order valence-electron chi connectivity index (χ2n) is 9.33. The molecular weight excluding hydrogens is 675 g/mol. The first-order valence-electron chi connectivity index (χ1n) is 13.3. The summed E-state index contributed by atoms with van der Waals surface area (Å²) in [5, 5.41) is 34.6.